The number of amides is 1. The molecule has 2 N–H and O–H groups in total. The van der Waals surface area contributed by atoms with Crippen molar-refractivity contribution in [2.75, 3.05) is 32.0 Å². The van der Waals surface area contributed by atoms with Crippen molar-refractivity contribution in [2.24, 2.45) is 0 Å². The van der Waals surface area contributed by atoms with E-state index >= 15 is 0 Å². The molecular formula is C14H21N3O. The predicted octanol–water partition coefficient (Wildman–Crippen LogP) is 1.31. The maximum absolute atomic E-state index is 12.1. The van der Waals surface area contributed by atoms with Crippen LogP contribution in [-0.4, -0.2) is 43.5 Å². The van der Waals surface area contributed by atoms with Crippen LogP contribution in [0.3, 0.4) is 0 Å². The van der Waals surface area contributed by atoms with Gasteiger partial charge in [0, 0.05) is 24.8 Å². The summed E-state index contributed by atoms with van der Waals surface area (Å²) in [6.07, 6.45) is 2.25. The third-order valence-corrected chi connectivity index (χ3v) is 3.40. The number of benzene rings is 1. The first-order valence-corrected chi connectivity index (χ1v) is 6.53. The van der Waals surface area contributed by atoms with Crippen LogP contribution in [0, 0.1) is 0 Å². The second-order valence-corrected chi connectivity index (χ2v) is 4.69. The molecule has 1 fully saturated rings. The lowest BCUT2D eigenvalue weighted by Gasteiger charge is -2.32. The van der Waals surface area contributed by atoms with Crippen molar-refractivity contribution in [2.45, 2.75) is 18.9 Å². The van der Waals surface area contributed by atoms with Gasteiger partial charge in [0.25, 0.3) is 0 Å². The number of anilines is 1. The molecule has 0 saturated carbocycles. The van der Waals surface area contributed by atoms with E-state index in [9.17, 15) is 4.79 Å². The molecule has 1 atom stereocenters. The Hall–Kier alpha value is -1.55. The molecule has 1 aliphatic rings. The third kappa shape index (κ3) is 3.47. The smallest absolute Gasteiger partial charge is 0.241 e. The van der Waals surface area contributed by atoms with Crippen molar-refractivity contribution < 1.29 is 4.79 Å². The minimum atomic E-state index is 0.179. The van der Waals surface area contributed by atoms with E-state index in [-0.39, 0.29) is 5.91 Å². The number of nitrogens with zero attached hydrogens (tertiary/aromatic N) is 1. The Bertz CT molecular complexity index is 380. The molecule has 0 bridgehead atoms. The molecule has 4 nitrogen and oxygen atoms in total. The Balaban J connectivity index is 1.81. The summed E-state index contributed by atoms with van der Waals surface area (Å²) < 4.78 is 0. The SMILES string of the molecule is CNC1CCCN(C(=O)CNc2ccccc2)C1. The van der Waals surface area contributed by atoms with Gasteiger partial charge in [0.15, 0.2) is 0 Å². The minimum absolute atomic E-state index is 0.179. The Kier molecular flexibility index (Phi) is 4.59. The average Bonchev–Trinajstić information content (AvgIpc) is 2.46. The highest BCUT2D eigenvalue weighted by Gasteiger charge is 2.21. The van der Waals surface area contributed by atoms with Gasteiger partial charge in [-0.25, -0.2) is 0 Å². The summed E-state index contributed by atoms with van der Waals surface area (Å²) in [5.41, 5.74) is 0.994. The molecule has 2 rings (SSSR count). The molecular weight excluding hydrogens is 226 g/mol. The first-order valence-electron chi connectivity index (χ1n) is 6.53. The summed E-state index contributed by atoms with van der Waals surface area (Å²) >= 11 is 0. The van der Waals surface area contributed by atoms with Crippen LogP contribution in [0.25, 0.3) is 0 Å². The van der Waals surface area contributed by atoms with Gasteiger partial charge in [-0.05, 0) is 32.0 Å². The van der Waals surface area contributed by atoms with Crippen LogP contribution in [0.2, 0.25) is 0 Å². The van der Waals surface area contributed by atoms with Crippen LogP contribution in [-0.2, 0) is 4.79 Å². The predicted molar refractivity (Wildman–Crippen MR) is 73.6 cm³/mol. The molecule has 0 radical (unpaired) electrons. The highest BCUT2D eigenvalue weighted by Crippen LogP contribution is 2.10. The number of hydrogen-bond donors (Lipinski definition) is 2. The molecule has 1 amide bonds. The van der Waals surface area contributed by atoms with E-state index in [0.29, 0.717) is 12.6 Å². The van der Waals surface area contributed by atoms with Crippen LogP contribution in [0.4, 0.5) is 5.69 Å². The molecule has 0 aromatic heterocycles. The second kappa shape index (κ2) is 6.40. The zero-order valence-electron chi connectivity index (χ0n) is 10.9. The lowest BCUT2D eigenvalue weighted by molar-refractivity contribution is -0.130. The van der Waals surface area contributed by atoms with Gasteiger partial charge in [-0.15, -0.1) is 0 Å². The van der Waals surface area contributed by atoms with Gasteiger partial charge in [0.2, 0.25) is 5.91 Å². The number of piperidine rings is 1. The topological polar surface area (TPSA) is 44.4 Å². The van der Waals surface area contributed by atoms with Crippen molar-refractivity contribution in [1.82, 2.24) is 10.2 Å². The molecule has 1 saturated heterocycles. The van der Waals surface area contributed by atoms with Crippen LogP contribution < -0.4 is 10.6 Å². The van der Waals surface area contributed by atoms with Gasteiger partial charge < -0.3 is 15.5 Å². The highest BCUT2D eigenvalue weighted by atomic mass is 16.2. The minimum Gasteiger partial charge on any atom is -0.376 e. The lowest BCUT2D eigenvalue weighted by atomic mass is 10.1. The van der Waals surface area contributed by atoms with E-state index in [1.807, 2.05) is 42.3 Å². The molecule has 0 spiro atoms. The van der Waals surface area contributed by atoms with E-state index in [2.05, 4.69) is 10.6 Å². The maximum Gasteiger partial charge on any atom is 0.241 e. The van der Waals surface area contributed by atoms with Gasteiger partial charge >= 0.3 is 0 Å². The Morgan fingerprint density at radius 2 is 2.17 bits per heavy atom. The Morgan fingerprint density at radius 3 is 2.89 bits per heavy atom. The van der Waals surface area contributed by atoms with E-state index in [1.165, 1.54) is 0 Å². The lowest BCUT2D eigenvalue weighted by Crippen LogP contribution is -2.48. The maximum atomic E-state index is 12.1. The average molecular weight is 247 g/mol. The molecule has 1 unspecified atom stereocenters. The molecule has 4 heteroatoms. The summed E-state index contributed by atoms with van der Waals surface area (Å²) in [5.74, 6) is 0.179. The fourth-order valence-corrected chi connectivity index (χ4v) is 2.28. The van der Waals surface area contributed by atoms with Crippen LogP contribution >= 0.6 is 0 Å². The van der Waals surface area contributed by atoms with E-state index < -0.39 is 0 Å². The zero-order chi connectivity index (χ0) is 12.8. The molecule has 98 valence electrons. The third-order valence-electron chi connectivity index (χ3n) is 3.40. The van der Waals surface area contributed by atoms with Gasteiger partial charge in [-0.3, -0.25) is 4.79 Å². The summed E-state index contributed by atoms with van der Waals surface area (Å²) in [4.78, 5) is 14.0. The Labute approximate surface area is 108 Å². The number of hydrogen-bond acceptors (Lipinski definition) is 3. The highest BCUT2D eigenvalue weighted by molar-refractivity contribution is 5.81. The standard InChI is InChI=1S/C14H21N3O/c1-15-13-8-5-9-17(11-13)14(18)10-16-12-6-3-2-4-7-12/h2-4,6-7,13,15-16H,5,8-11H2,1H3. The van der Waals surface area contributed by atoms with E-state index in [0.717, 1.165) is 31.6 Å². The fourth-order valence-electron chi connectivity index (χ4n) is 2.28. The molecule has 0 aliphatic carbocycles. The monoisotopic (exact) mass is 247 g/mol. The molecule has 1 aromatic rings. The van der Waals surface area contributed by atoms with Crippen LogP contribution in [0.1, 0.15) is 12.8 Å². The quantitative estimate of drug-likeness (QED) is 0.843. The molecule has 1 aromatic carbocycles. The van der Waals surface area contributed by atoms with E-state index in [4.69, 9.17) is 0 Å². The number of para-hydroxylation sites is 1. The van der Waals surface area contributed by atoms with Gasteiger partial charge in [0.1, 0.15) is 0 Å². The number of likely N-dealkylation sites (N-methyl/N-ethyl adjacent to an activating group) is 1. The zero-order valence-corrected chi connectivity index (χ0v) is 10.9. The van der Waals surface area contributed by atoms with Crippen LogP contribution in [0.15, 0.2) is 30.3 Å². The van der Waals surface area contributed by atoms with Crippen molar-refractivity contribution in [3.8, 4) is 0 Å². The number of likely N-dealkylation sites (tertiary alicyclic amines) is 1. The summed E-state index contributed by atoms with van der Waals surface area (Å²) in [5, 5.41) is 6.41. The largest absolute Gasteiger partial charge is 0.376 e. The number of carbonyl (C=O) groups excluding carboxylic acids is 1. The first-order chi connectivity index (χ1) is 8.79. The van der Waals surface area contributed by atoms with Gasteiger partial charge in [0.05, 0.1) is 6.54 Å². The molecule has 1 heterocycles. The first kappa shape index (κ1) is 12.9. The second-order valence-electron chi connectivity index (χ2n) is 4.69. The molecule has 1 aliphatic heterocycles. The van der Waals surface area contributed by atoms with Crippen LogP contribution in [0.5, 0.6) is 0 Å². The van der Waals surface area contributed by atoms with Gasteiger partial charge in [-0.2, -0.15) is 0 Å². The van der Waals surface area contributed by atoms with Crippen molar-refractivity contribution in [1.29, 1.82) is 0 Å². The number of rotatable bonds is 4. The number of nitrogens with one attached hydrogen (secondary N) is 2. The Morgan fingerprint density at radius 1 is 1.39 bits per heavy atom. The summed E-state index contributed by atoms with van der Waals surface area (Å²) in [6.45, 7) is 2.08. The van der Waals surface area contributed by atoms with E-state index in [1.54, 1.807) is 0 Å². The van der Waals surface area contributed by atoms with Crippen molar-refractivity contribution >= 4 is 11.6 Å². The normalized spacial score (nSPS) is 19.6. The molecule has 18 heavy (non-hydrogen) atoms. The number of carbonyl (C=O) groups is 1. The summed E-state index contributed by atoms with van der Waals surface area (Å²) in [6, 6.07) is 10.3. The summed E-state index contributed by atoms with van der Waals surface area (Å²) in [7, 11) is 1.96. The fraction of sp³-hybridized carbons (Fsp3) is 0.500. The van der Waals surface area contributed by atoms with Gasteiger partial charge in [-0.1, -0.05) is 18.2 Å². The van der Waals surface area contributed by atoms with Crippen molar-refractivity contribution in [3.63, 3.8) is 0 Å². The van der Waals surface area contributed by atoms with Crippen molar-refractivity contribution in [3.05, 3.63) is 30.3 Å².